The van der Waals surface area contributed by atoms with Gasteiger partial charge in [-0.2, -0.15) is 4.98 Å². The van der Waals surface area contributed by atoms with Crippen LogP contribution in [-0.4, -0.2) is 91.7 Å². The van der Waals surface area contributed by atoms with Crippen LogP contribution in [0.4, 0.5) is 17.5 Å². The van der Waals surface area contributed by atoms with E-state index in [2.05, 4.69) is 42.6 Å². The summed E-state index contributed by atoms with van der Waals surface area (Å²) in [6.07, 6.45) is 9.39. The molecule has 3 aliphatic rings. The van der Waals surface area contributed by atoms with Crippen molar-refractivity contribution in [1.82, 2.24) is 29.3 Å². The Balaban J connectivity index is 1.21. The zero-order valence-electron chi connectivity index (χ0n) is 23.5. The van der Waals surface area contributed by atoms with Gasteiger partial charge in [-0.25, -0.2) is 9.97 Å². The third-order valence-corrected chi connectivity index (χ3v) is 8.60. The van der Waals surface area contributed by atoms with Crippen LogP contribution in [0.25, 0.3) is 11.0 Å². The summed E-state index contributed by atoms with van der Waals surface area (Å²) in [6, 6.07) is 6.33. The van der Waals surface area contributed by atoms with Crippen LogP contribution in [0.3, 0.4) is 0 Å². The Labute approximate surface area is 230 Å². The van der Waals surface area contributed by atoms with Crippen molar-refractivity contribution in [2.24, 2.45) is 0 Å². The van der Waals surface area contributed by atoms with Crippen LogP contribution in [0.2, 0.25) is 0 Å². The fourth-order valence-corrected chi connectivity index (χ4v) is 6.78. The minimum absolute atomic E-state index is 0.0474. The van der Waals surface area contributed by atoms with E-state index < -0.39 is 5.60 Å². The Kier molecular flexibility index (Phi) is 6.50. The molecular weight excluding hydrogens is 492 g/mol. The van der Waals surface area contributed by atoms with Crippen molar-refractivity contribution in [2.75, 3.05) is 50.0 Å². The molecule has 1 saturated heterocycles. The van der Waals surface area contributed by atoms with Crippen molar-refractivity contribution < 1.29 is 9.90 Å². The molecule has 6 rings (SSSR count). The minimum Gasteiger partial charge on any atom is -0.389 e. The Morgan fingerprint density at radius 2 is 1.92 bits per heavy atom. The SMILES string of the molecule is CC1CN(c2ccc(Nc3ncc4cc5n(c4n3)C3(CCCCC3)CN(C)C5=O)nc2)CCN1CC(C)(C)O. The molecule has 1 spiro atoms. The van der Waals surface area contributed by atoms with Crippen molar-refractivity contribution in [1.29, 1.82) is 0 Å². The second kappa shape index (κ2) is 9.75. The summed E-state index contributed by atoms with van der Waals surface area (Å²) in [6.45, 7) is 10.0. The van der Waals surface area contributed by atoms with E-state index in [1.54, 1.807) is 0 Å². The Hall–Kier alpha value is -3.24. The lowest BCUT2D eigenvalue weighted by Crippen LogP contribution is -2.55. The highest BCUT2D eigenvalue weighted by atomic mass is 16.3. The first-order chi connectivity index (χ1) is 18.6. The van der Waals surface area contributed by atoms with Gasteiger partial charge in [-0.1, -0.05) is 19.3 Å². The highest BCUT2D eigenvalue weighted by Crippen LogP contribution is 2.42. The summed E-state index contributed by atoms with van der Waals surface area (Å²) in [5.74, 6) is 1.21. The van der Waals surface area contributed by atoms with Crippen LogP contribution in [0, 0.1) is 0 Å². The molecule has 0 radical (unpaired) electrons. The molecule has 208 valence electrons. The van der Waals surface area contributed by atoms with Crippen LogP contribution in [-0.2, 0) is 5.54 Å². The average Bonchev–Trinajstić information content (AvgIpc) is 3.29. The van der Waals surface area contributed by atoms with Gasteiger partial charge in [0.05, 0.1) is 23.0 Å². The third-order valence-electron chi connectivity index (χ3n) is 8.60. The summed E-state index contributed by atoms with van der Waals surface area (Å²) < 4.78 is 2.21. The number of rotatable bonds is 5. The summed E-state index contributed by atoms with van der Waals surface area (Å²) >= 11 is 0. The van der Waals surface area contributed by atoms with Gasteiger partial charge in [0.15, 0.2) is 0 Å². The van der Waals surface area contributed by atoms with Crippen LogP contribution in [0.1, 0.15) is 63.4 Å². The lowest BCUT2D eigenvalue weighted by Gasteiger charge is -2.45. The van der Waals surface area contributed by atoms with Gasteiger partial charge in [0.2, 0.25) is 5.95 Å². The van der Waals surface area contributed by atoms with E-state index >= 15 is 0 Å². The predicted molar refractivity (Wildman–Crippen MR) is 153 cm³/mol. The molecule has 2 fully saturated rings. The number of nitrogens with zero attached hydrogens (tertiary/aromatic N) is 7. The molecule has 1 saturated carbocycles. The lowest BCUT2D eigenvalue weighted by molar-refractivity contribution is 0.0201. The second-order valence-electron chi connectivity index (χ2n) is 12.4. The van der Waals surface area contributed by atoms with E-state index in [1.807, 2.05) is 50.3 Å². The highest BCUT2D eigenvalue weighted by molar-refractivity contribution is 5.99. The fourth-order valence-electron chi connectivity index (χ4n) is 6.78. The molecule has 2 aliphatic heterocycles. The molecule has 1 unspecified atom stereocenters. The first-order valence-electron chi connectivity index (χ1n) is 14.2. The number of hydrogen-bond acceptors (Lipinski definition) is 8. The van der Waals surface area contributed by atoms with Gasteiger partial charge in [0.25, 0.3) is 5.91 Å². The first-order valence-corrected chi connectivity index (χ1v) is 14.2. The number of pyridine rings is 1. The quantitative estimate of drug-likeness (QED) is 0.514. The van der Waals surface area contributed by atoms with Gasteiger partial charge in [-0.3, -0.25) is 9.69 Å². The van der Waals surface area contributed by atoms with Crippen molar-refractivity contribution in [2.45, 2.75) is 70.1 Å². The van der Waals surface area contributed by atoms with E-state index in [1.165, 1.54) is 19.3 Å². The number of amides is 1. The molecule has 10 nitrogen and oxygen atoms in total. The standard InChI is InChI=1S/C29H40N8O2/c1-20-17-35(12-13-36(20)18-28(2,3)39)22-8-9-24(30-16-22)32-27-31-15-21-14-23-26(38)34(4)19-29(10-6-5-7-11-29)37(23)25(21)33-27/h8-9,14-16,20,39H,5-7,10-13,17-19H2,1-4H3,(H,30,31,32,33). The van der Waals surface area contributed by atoms with Crippen molar-refractivity contribution in [3.63, 3.8) is 0 Å². The summed E-state index contributed by atoms with van der Waals surface area (Å²) in [7, 11) is 1.91. The van der Waals surface area contributed by atoms with E-state index in [9.17, 15) is 9.90 Å². The molecule has 0 aromatic carbocycles. The van der Waals surface area contributed by atoms with E-state index in [-0.39, 0.29) is 11.4 Å². The third kappa shape index (κ3) is 4.96. The van der Waals surface area contributed by atoms with Crippen LogP contribution in [0.5, 0.6) is 0 Å². The van der Waals surface area contributed by atoms with Crippen LogP contribution >= 0.6 is 0 Å². The minimum atomic E-state index is -0.695. The predicted octanol–water partition coefficient (Wildman–Crippen LogP) is 3.60. The number of piperazine rings is 1. The number of aliphatic hydroxyl groups is 1. The fraction of sp³-hybridized carbons (Fsp3) is 0.586. The van der Waals surface area contributed by atoms with E-state index in [0.29, 0.717) is 30.0 Å². The smallest absolute Gasteiger partial charge is 0.270 e. The number of anilines is 3. The molecule has 1 atom stereocenters. The monoisotopic (exact) mass is 532 g/mol. The van der Waals surface area contributed by atoms with Gasteiger partial charge in [0.1, 0.15) is 17.2 Å². The maximum atomic E-state index is 13.1. The molecule has 1 aliphatic carbocycles. The number of carbonyl (C=O) groups is 1. The normalized spacial score (nSPS) is 22.0. The van der Waals surface area contributed by atoms with E-state index in [4.69, 9.17) is 4.98 Å². The number of nitrogens with one attached hydrogen (secondary N) is 1. The van der Waals surface area contributed by atoms with Gasteiger partial charge < -0.3 is 24.8 Å². The topological polar surface area (TPSA) is 103 Å². The van der Waals surface area contributed by atoms with Crippen LogP contribution < -0.4 is 10.2 Å². The molecular formula is C29H40N8O2. The van der Waals surface area contributed by atoms with Gasteiger partial charge in [-0.05, 0) is 51.8 Å². The Bertz CT molecular complexity index is 1360. The summed E-state index contributed by atoms with van der Waals surface area (Å²) in [5, 5.41) is 14.4. The molecule has 1 amide bonds. The maximum Gasteiger partial charge on any atom is 0.270 e. The Morgan fingerprint density at radius 3 is 2.62 bits per heavy atom. The molecule has 2 N–H and O–H groups in total. The molecule has 10 heteroatoms. The summed E-state index contributed by atoms with van der Waals surface area (Å²) in [5.41, 5.74) is 1.82. The number of fused-ring (bicyclic) bond motifs is 4. The van der Waals surface area contributed by atoms with Crippen LogP contribution in [0.15, 0.2) is 30.6 Å². The lowest BCUT2D eigenvalue weighted by atomic mass is 9.79. The molecule has 5 heterocycles. The number of carbonyl (C=O) groups excluding carboxylic acids is 1. The first kappa shape index (κ1) is 26.0. The number of aromatic nitrogens is 4. The largest absolute Gasteiger partial charge is 0.389 e. The van der Waals surface area contributed by atoms with Gasteiger partial charge in [-0.15, -0.1) is 0 Å². The highest BCUT2D eigenvalue weighted by Gasteiger charge is 2.43. The van der Waals surface area contributed by atoms with Gasteiger partial charge >= 0.3 is 0 Å². The number of β-amino-alcohol motifs (C(OH)–C–C–N with tert-alkyl or cyclic N) is 1. The van der Waals surface area contributed by atoms with Crippen molar-refractivity contribution in [3.05, 3.63) is 36.3 Å². The molecule has 3 aromatic rings. The van der Waals surface area contributed by atoms with E-state index in [0.717, 1.165) is 55.7 Å². The Morgan fingerprint density at radius 1 is 1.13 bits per heavy atom. The van der Waals surface area contributed by atoms with Crippen molar-refractivity contribution >= 4 is 34.4 Å². The summed E-state index contributed by atoms with van der Waals surface area (Å²) in [4.78, 5) is 33.7. The molecule has 3 aromatic heterocycles. The molecule has 0 bridgehead atoms. The molecule has 39 heavy (non-hydrogen) atoms. The van der Waals surface area contributed by atoms with Crippen molar-refractivity contribution in [3.8, 4) is 0 Å². The number of hydrogen-bond donors (Lipinski definition) is 2. The second-order valence-corrected chi connectivity index (χ2v) is 12.4. The number of likely N-dealkylation sites (N-methyl/N-ethyl adjacent to an activating group) is 1. The van der Waals surface area contributed by atoms with Gasteiger partial charge in [0, 0.05) is 57.4 Å². The zero-order chi connectivity index (χ0) is 27.4. The maximum absolute atomic E-state index is 13.1. The average molecular weight is 533 g/mol. The zero-order valence-corrected chi connectivity index (χ0v) is 23.5.